The highest BCUT2D eigenvalue weighted by Gasteiger charge is 2.50. The average molecular weight is 490 g/mol. The van der Waals surface area contributed by atoms with Gasteiger partial charge in [0.15, 0.2) is 0 Å². The van der Waals surface area contributed by atoms with E-state index in [2.05, 4.69) is 115 Å². The Morgan fingerprint density at radius 2 is 1.09 bits per heavy atom. The van der Waals surface area contributed by atoms with E-state index in [1.807, 2.05) is 0 Å². The molecule has 0 fully saturated rings. The fourth-order valence-electron chi connectivity index (χ4n) is 5.05. The molecule has 1 aliphatic heterocycles. The summed E-state index contributed by atoms with van der Waals surface area (Å²) in [7, 11) is 0. The van der Waals surface area contributed by atoms with Gasteiger partial charge in [-0.15, -0.1) is 0 Å². The fraction of sp³-hybridized carbons (Fsp3) is 0.552. The molecule has 2 aromatic carbocycles. The maximum atomic E-state index is 7.37. The van der Waals surface area contributed by atoms with Gasteiger partial charge in [0.25, 0.3) is 0 Å². The second-order valence-electron chi connectivity index (χ2n) is 11.2. The number of anilines is 1. The zero-order chi connectivity index (χ0) is 24.0. The van der Waals surface area contributed by atoms with Gasteiger partial charge in [-0.2, -0.15) is 0 Å². The number of benzene rings is 2. The van der Waals surface area contributed by atoms with Crippen molar-refractivity contribution in [2.24, 2.45) is 0 Å². The van der Waals surface area contributed by atoms with Crippen LogP contribution in [0.2, 0.25) is 0 Å². The largest absolute Gasteiger partial charge is 1.00 e. The SMILES string of the molecule is CC(C)c1cccc(C(C)C)c1N1C(Cl)=[N+](c2c(C(C)C)cccc2C(C)C)CC1(C)C.[Cl-]. The van der Waals surface area contributed by atoms with Crippen molar-refractivity contribution in [1.82, 2.24) is 0 Å². The molecule has 182 valence electrons. The van der Waals surface area contributed by atoms with Crippen molar-refractivity contribution in [3.05, 3.63) is 58.7 Å². The predicted molar refractivity (Wildman–Crippen MR) is 141 cm³/mol. The maximum absolute atomic E-state index is 7.37. The Morgan fingerprint density at radius 1 is 0.727 bits per heavy atom. The first kappa shape index (κ1) is 27.7. The fourth-order valence-corrected chi connectivity index (χ4v) is 5.51. The molecule has 2 aromatic rings. The summed E-state index contributed by atoms with van der Waals surface area (Å²) in [5.41, 5.74) is 7.93. The average Bonchev–Trinajstić information content (AvgIpc) is 2.94. The number of rotatable bonds is 6. The minimum atomic E-state index is -0.135. The van der Waals surface area contributed by atoms with Crippen molar-refractivity contribution in [3.63, 3.8) is 0 Å². The summed E-state index contributed by atoms with van der Waals surface area (Å²) in [5, 5.41) is 0.819. The van der Waals surface area contributed by atoms with Crippen LogP contribution in [-0.4, -0.2) is 22.0 Å². The van der Waals surface area contributed by atoms with Crippen LogP contribution >= 0.6 is 11.6 Å². The van der Waals surface area contributed by atoms with Crippen LogP contribution in [0, 0.1) is 0 Å². The maximum Gasteiger partial charge on any atom is 0.356 e. The third kappa shape index (κ3) is 5.13. The number of para-hydroxylation sites is 2. The van der Waals surface area contributed by atoms with E-state index in [0.717, 1.165) is 11.8 Å². The highest BCUT2D eigenvalue weighted by atomic mass is 35.5. The Balaban J connectivity index is 0.00000385. The summed E-state index contributed by atoms with van der Waals surface area (Å²) in [6, 6.07) is 13.5. The van der Waals surface area contributed by atoms with Crippen molar-refractivity contribution >= 4 is 28.3 Å². The van der Waals surface area contributed by atoms with Crippen LogP contribution in [0.1, 0.15) is 115 Å². The van der Waals surface area contributed by atoms with Crippen LogP contribution in [-0.2, 0) is 0 Å². The highest BCUT2D eigenvalue weighted by Crippen LogP contribution is 2.44. The van der Waals surface area contributed by atoms with Crippen LogP contribution in [0.3, 0.4) is 0 Å². The van der Waals surface area contributed by atoms with Gasteiger partial charge in [-0.25, -0.2) is 9.48 Å². The number of amidine groups is 1. The van der Waals surface area contributed by atoms with Crippen LogP contribution in [0.15, 0.2) is 36.4 Å². The van der Waals surface area contributed by atoms with Crippen molar-refractivity contribution < 1.29 is 17.0 Å². The molecule has 0 bridgehead atoms. The molecular formula is C29H42Cl2N2. The molecule has 0 atom stereocenters. The number of hydrogen-bond donors (Lipinski definition) is 0. The number of hydrogen-bond acceptors (Lipinski definition) is 1. The molecule has 0 saturated heterocycles. The smallest absolute Gasteiger partial charge is 0.356 e. The predicted octanol–water partition coefficient (Wildman–Crippen LogP) is 5.72. The minimum Gasteiger partial charge on any atom is -1.00 e. The van der Waals surface area contributed by atoms with E-state index in [9.17, 15) is 0 Å². The van der Waals surface area contributed by atoms with Crippen molar-refractivity contribution in [1.29, 1.82) is 0 Å². The Kier molecular flexibility index (Phi) is 8.74. The Labute approximate surface area is 213 Å². The van der Waals surface area contributed by atoms with Crippen LogP contribution in [0.4, 0.5) is 11.4 Å². The summed E-state index contributed by atoms with van der Waals surface area (Å²) in [6.07, 6.45) is 0. The van der Waals surface area contributed by atoms with Crippen molar-refractivity contribution in [3.8, 4) is 0 Å². The molecule has 0 aliphatic carbocycles. The Hall–Kier alpha value is -1.51. The quantitative estimate of drug-likeness (QED) is 0.372. The minimum absolute atomic E-state index is 0. The Morgan fingerprint density at radius 3 is 1.45 bits per heavy atom. The first-order valence-electron chi connectivity index (χ1n) is 12.2. The van der Waals surface area contributed by atoms with Crippen molar-refractivity contribution in [2.75, 3.05) is 11.4 Å². The molecule has 1 aliphatic rings. The van der Waals surface area contributed by atoms with Gasteiger partial charge >= 0.3 is 5.29 Å². The van der Waals surface area contributed by atoms with Crippen molar-refractivity contribution in [2.45, 2.75) is 98.4 Å². The molecule has 33 heavy (non-hydrogen) atoms. The summed E-state index contributed by atoms with van der Waals surface area (Å²) in [6.45, 7) is 23.7. The lowest BCUT2D eigenvalue weighted by Gasteiger charge is -2.30. The normalized spacial score (nSPS) is 15.9. The van der Waals surface area contributed by atoms with E-state index in [-0.39, 0.29) is 17.9 Å². The second kappa shape index (κ2) is 10.4. The van der Waals surface area contributed by atoms with E-state index in [0.29, 0.717) is 23.7 Å². The lowest BCUT2D eigenvalue weighted by Crippen LogP contribution is -3.00. The summed E-state index contributed by atoms with van der Waals surface area (Å²) in [5.74, 6) is 1.71. The summed E-state index contributed by atoms with van der Waals surface area (Å²) < 4.78 is 2.38. The molecule has 0 saturated carbocycles. The zero-order valence-corrected chi connectivity index (χ0v) is 23.6. The number of nitrogens with zero attached hydrogens (tertiary/aromatic N) is 2. The lowest BCUT2D eigenvalue weighted by atomic mass is 9.90. The van der Waals surface area contributed by atoms with Crippen LogP contribution in [0.25, 0.3) is 0 Å². The van der Waals surface area contributed by atoms with Crippen LogP contribution in [0.5, 0.6) is 0 Å². The molecule has 1 heterocycles. The van der Waals surface area contributed by atoms with Gasteiger partial charge in [-0.1, -0.05) is 91.8 Å². The molecule has 0 amide bonds. The van der Waals surface area contributed by atoms with E-state index in [1.165, 1.54) is 33.6 Å². The monoisotopic (exact) mass is 488 g/mol. The van der Waals surface area contributed by atoms with E-state index in [1.54, 1.807) is 0 Å². The molecule has 0 radical (unpaired) electrons. The highest BCUT2D eigenvalue weighted by molar-refractivity contribution is 6.67. The first-order chi connectivity index (χ1) is 14.9. The van der Waals surface area contributed by atoms with E-state index in [4.69, 9.17) is 11.6 Å². The summed E-state index contributed by atoms with van der Waals surface area (Å²) in [4.78, 5) is 2.42. The molecule has 3 rings (SSSR count). The topological polar surface area (TPSA) is 6.25 Å². The Bertz CT molecular complexity index is 964. The molecular weight excluding hydrogens is 447 g/mol. The van der Waals surface area contributed by atoms with Gasteiger partial charge in [0, 0.05) is 33.9 Å². The van der Waals surface area contributed by atoms with E-state index >= 15 is 0 Å². The van der Waals surface area contributed by atoms with Gasteiger partial charge in [-0.05, 0) is 37.5 Å². The standard InChI is InChI=1S/C29H42ClN2.ClH/c1-18(2)22-13-11-14-23(19(3)4)26(22)31-17-29(9,10)32(28(31)30)27-24(20(5)6)15-12-16-25(27)21(7)8;/h11-16,18-21H,17H2,1-10H3;1H/q+1;/p-1. The molecule has 2 nitrogen and oxygen atoms in total. The van der Waals surface area contributed by atoms with Gasteiger partial charge in [-0.3, -0.25) is 0 Å². The molecule has 0 aromatic heterocycles. The zero-order valence-electron chi connectivity index (χ0n) is 22.1. The lowest BCUT2D eigenvalue weighted by molar-refractivity contribution is -0.436. The van der Waals surface area contributed by atoms with Crippen LogP contribution < -0.4 is 17.3 Å². The summed E-state index contributed by atoms with van der Waals surface area (Å²) >= 11 is 7.37. The second-order valence-corrected chi connectivity index (χ2v) is 11.5. The van der Waals surface area contributed by atoms with Gasteiger partial charge < -0.3 is 12.4 Å². The van der Waals surface area contributed by atoms with Gasteiger partial charge in [0.05, 0.1) is 0 Å². The van der Waals surface area contributed by atoms with Gasteiger partial charge in [0.2, 0.25) is 0 Å². The molecule has 4 heteroatoms. The molecule has 0 unspecified atom stereocenters. The first-order valence-corrected chi connectivity index (χ1v) is 12.6. The van der Waals surface area contributed by atoms with Gasteiger partial charge in [0.1, 0.15) is 23.5 Å². The number of halogens is 2. The van der Waals surface area contributed by atoms with E-state index < -0.39 is 0 Å². The molecule has 0 N–H and O–H groups in total. The third-order valence-electron chi connectivity index (χ3n) is 6.74. The molecule has 0 spiro atoms. The third-order valence-corrected chi connectivity index (χ3v) is 7.11.